The number of nitrogens with one attached hydrogen (secondary N) is 1. The Bertz CT molecular complexity index is 1200. The predicted molar refractivity (Wildman–Crippen MR) is 125 cm³/mol. The molecule has 176 valence electrons. The Hall–Kier alpha value is -4.11. The van der Waals surface area contributed by atoms with Crippen LogP contribution in [0.15, 0.2) is 66.7 Å². The van der Waals surface area contributed by atoms with Crippen LogP contribution in [0.1, 0.15) is 28.9 Å². The minimum atomic E-state index is -1.32. The van der Waals surface area contributed by atoms with Gasteiger partial charge in [-0.25, -0.2) is 4.79 Å². The molecule has 0 bridgehead atoms. The molecule has 1 atom stereocenters. The highest BCUT2D eigenvalue weighted by Gasteiger charge is 2.27. The maximum atomic E-state index is 13.1. The van der Waals surface area contributed by atoms with Crippen LogP contribution in [0.3, 0.4) is 0 Å². The topological polar surface area (TPSA) is 117 Å². The number of benzene rings is 3. The molecule has 0 saturated carbocycles. The van der Waals surface area contributed by atoms with E-state index >= 15 is 0 Å². The highest BCUT2D eigenvalue weighted by Crippen LogP contribution is 2.31. The van der Waals surface area contributed by atoms with Crippen LogP contribution in [0.4, 0.5) is 11.4 Å². The smallest absolute Gasteiger partial charge is 0.339 e. The molecule has 9 nitrogen and oxygen atoms in total. The average molecular weight is 485 g/mol. The van der Waals surface area contributed by atoms with Crippen LogP contribution >= 0.6 is 11.6 Å². The zero-order chi connectivity index (χ0) is 24.7. The van der Waals surface area contributed by atoms with Gasteiger partial charge >= 0.3 is 5.97 Å². The molecule has 3 aromatic carbocycles. The van der Waals surface area contributed by atoms with Gasteiger partial charge in [-0.3, -0.25) is 14.9 Å². The number of anilines is 1. The minimum Gasteiger partial charge on any atom is -0.493 e. The zero-order valence-electron chi connectivity index (χ0n) is 18.3. The first-order chi connectivity index (χ1) is 16.3. The molecule has 34 heavy (non-hydrogen) atoms. The fourth-order valence-electron chi connectivity index (χ4n) is 3.06. The molecular formula is C24H21ClN2O7. The molecule has 0 saturated heterocycles. The summed E-state index contributed by atoms with van der Waals surface area (Å²) in [5.41, 5.74) is 0.488. The van der Waals surface area contributed by atoms with E-state index < -0.39 is 22.9 Å². The Balaban J connectivity index is 1.86. The molecule has 1 N–H and O–H groups in total. The monoisotopic (exact) mass is 484 g/mol. The Morgan fingerprint density at radius 1 is 1.06 bits per heavy atom. The van der Waals surface area contributed by atoms with E-state index in [9.17, 15) is 19.7 Å². The van der Waals surface area contributed by atoms with Gasteiger partial charge in [0.05, 0.1) is 34.9 Å². The predicted octanol–water partition coefficient (Wildman–Crippen LogP) is 5.19. The molecule has 0 aliphatic heterocycles. The van der Waals surface area contributed by atoms with Crippen molar-refractivity contribution in [2.24, 2.45) is 0 Å². The lowest BCUT2D eigenvalue weighted by Crippen LogP contribution is -2.26. The standard InChI is InChI=1S/C24H21ClN2O7/c1-3-33-20-12-9-16(13-21(20)32-2)24(29)34-22(15-7-5-4-6-8-15)23(28)26-19-11-10-17(27(30)31)14-18(19)25/h4-14,22H,3H2,1-2H3,(H,26,28). The second-order valence-corrected chi connectivity index (χ2v) is 7.31. The van der Waals surface area contributed by atoms with Crippen molar-refractivity contribution in [1.29, 1.82) is 0 Å². The number of nitrogens with zero attached hydrogens (tertiary/aromatic N) is 1. The fraction of sp³-hybridized carbons (Fsp3) is 0.167. The van der Waals surface area contributed by atoms with E-state index in [4.69, 9.17) is 25.8 Å². The van der Waals surface area contributed by atoms with E-state index in [-0.39, 0.29) is 22.0 Å². The highest BCUT2D eigenvalue weighted by atomic mass is 35.5. The number of carbonyl (C=O) groups excluding carboxylic acids is 2. The van der Waals surface area contributed by atoms with Crippen LogP contribution in [0, 0.1) is 10.1 Å². The summed E-state index contributed by atoms with van der Waals surface area (Å²) in [7, 11) is 1.45. The van der Waals surface area contributed by atoms with Crippen molar-refractivity contribution in [3.63, 3.8) is 0 Å². The van der Waals surface area contributed by atoms with Crippen LogP contribution in [0.2, 0.25) is 5.02 Å². The maximum Gasteiger partial charge on any atom is 0.339 e. The van der Waals surface area contributed by atoms with Crippen LogP contribution in [0.5, 0.6) is 11.5 Å². The number of hydrogen-bond donors (Lipinski definition) is 1. The molecule has 0 aliphatic carbocycles. The third-order valence-electron chi connectivity index (χ3n) is 4.69. The number of esters is 1. The molecule has 0 aliphatic rings. The van der Waals surface area contributed by atoms with Gasteiger partial charge in [0, 0.05) is 17.7 Å². The van der Waals surface area contributed by atoms with E-state index in [0.717, 1.165) is 6.07 Å². The summed E-state index contributed by atoms with van der Waals surface area (Å²) in [5, 5.41) is 13.5. The Morgan fingerprint density at radius 2 is 1.79 bits per heavy atom. The number of amides is 1. The number of methoxy groups -OCH3 is 1. The minimum absolute atomic E-state index is 0.0306. The summed E-state index contributed by atoms with van der Waals surface area (Å²) < 4.78 is 16.3. The van der Waals surface area contributed by atoms with Crippen molar-refractivity contribution in [3.8, 4) is 11.5 Å². The van der Waals surface area contributed by atoms with Crippen LogP contribution in [-0.2, 0) is 9.53 Å². The number of nitro benzene ring substituents is 1. The number of hydrogen-bond acceptors (Lipinski definition) is 7. The van der Waals surface area contributed by atoms with Crippen LogP contribution in [0.25, 0.3) is 0 Å². The SMILES string of the molecule is CCOc1ccc(C(=O)OC(C(=O)Nc2ccc([N+](=O)[O-])cc2Cl)c2ccccc2)cc1OC. The van der Waals surface area contributed by atoms with Crippen LogP contribution < -0.4 is 14.8 Å². The van der Waals surface area contributed by atoms with Crippen LogP contribution in [-0.4, -0.2) is 30.5 Å². The first kappa shape index (κ1) is 24.5. The van der Waals surface area contributed by atoms with Crippen molar-refractivity contribution >= 4 is 34.9 Å². The largest absolute Gasteiger partial charge is 0.493 e. The van der Waals surface area contributed by atoms with Gasteiger partial charge in [-0.1, -0.05) is 41.9 Å². The van der Waals surface area contributed by atoms with Crippen molar-refractivity contribution in [1.82, 2.24) is 0 Å². The first-order valence-electron chi connectivity index (χ1n) is 10.2. The number of halogens is 1. The number of ether oxygens (including phenoxy) is 3. The summed E-state index contributed by atoms with van der Waals surface area (Å²) >= 11 is 6.09. The molecule has 3 aromatic rings. The van der Waals surface area contributed by atoms with Gasteiger partial charge in [-0.15, -0.1) is 0 Å². The molecule has 1 amide bonds. The van der Waals surface area contributed by atoms with E-state index in [1.54, 1.807) is 36.4 Å². The molecule has 1 unspecified atom stereocenters. The van der Waals surface area contributed by atoms with Gasteiger partial charge in [-0.05, 0) is 31.2 Å². The summed E-state index contributed by atoms with van der Waals surface area (Å²) in [6, 6.07) is 16.6. The van der Waals surface area contributed by atoms with Crippen molar-refractivity contribution in [2.75, 3.05) is 19.0 Å². The normalized spacial score (nSPS) is 11.3. The van der Waals surface area contributed by atoms with Gasteiger partial charge in [-0.2, -0.15) is 0 Å². The van der Waals surface area contributed by atoms with Gasteiger partial charge in [0.25, 0.3) is 11.6 Å². The lowest BCUT2D eigenvalue weighted by molar-refractivity contribution is -0.384. The summed E-state index contributed by atoms with van der Waals surface area (Å²) in [5.74, 6) is -0.644. The number of rotatable bonds is 9. The lowest BCUT2D eigenvalue weighted by Gasteiger charge is -2.19. The van der Waals surface area contributed by atoms with Gasteiger partial charge < -0.3 is 19.5 Å². The molecule has 3 rings (SSSR count). The summed E-state index contributed by atoms with van der Waals surface area (Å²) in [6.45, 7) is 2.24. The van der Waals surface area contributed by atoms with E-state index in [2.05, 4.69) is 5.32 Å². The molecule has 10 heteroatoms. The van der Waals surface area contributed by atoms with Crippen molar-refractivity contribution < 1.29 is 28.7 Å². The average Bonchev–Trinajstić information content (AvgIpc) is 2.84. The lowest BCUT2D eigenvalue weighted by atomic mass is 10.1. The van der Waals surface area contributed by atoms with E-state index in [0.29, 0.717) is 23.7 Å². The molecular weight excluding hydrogens is 464 g/mol. The zero-order valence-corrected chi connectivity index (χ0v) is 19.1. The first-order valence-corrected chi connectivity index (χ1v) is 10.5. The molecule has 0 fully saturated rings. The molecule has 0 heterocycles. The second kappa shape index (κ2) is 11.2. The van der Waals surface area contributed by atoms with E-state index in [1.165, 1.54) is 31.4 Å². The second-order valence-electron chi connectivity index (χ2n) is 6.91. The third-order valence-corrected chi connectivity index (χ3v) is 5.00. The maximum absolute atomic E-state index is 13.1. The van der Waals surface area contributed by atoms with E-state index in [1.807, 2.05) is 6.92 Å². The summed E-state index contributed by atoms with van der Waals surface area (Å²) in [6.07, 6.45) is -1.32. The fourth-order valence-corrected chi connectivity index (χ4v) is 3.28. The van der Waals surface area contributed by atoms with Gasteiger partial charge in [0.15, 0.2) is 11.5 Å². The Labute approximate surface area is 200 Å². The quantitative estimate of drug-likeness (QED) is 0.252. The highest BCUT2D eigenvalue weighted by molar-refractivity contribution is 6.34. The summed E-state index contributed by atoms with van der Waals surface area (Å²) in [4.78, 5) is 36.3. The Morgan fingerprint density at radius 3 is 2.41 bits per heavy atom. The molecule has 0 radical (unpaired) electrons. The molecule has 0 spiro atoms. The van der Waals surface area contributed by atoms with Crippen molar-refractivity contribution in [3.05, 3.63) is 93.0 Å². The number of carbonyl (C=O) groups is 2. The Kier molecular flexibility index (Phi) is 8.05. The van der Waals surface area contributed by atoms with Crippen molar-refractivity contribution in [2.45, 2.75) is 13.0 Å². The number of non-ortho nitro benzene ring substituents is 1. The molecule has 0 aromatic heterocycles. The van der Waals surface area contributed by atoms with Gasteiger partial charge in [0.2, 0.25) is 6.10 Å². The van der Waals surface area contributed by atoms with Gasteiger partial charge in [0.1, 0.15) is 0 Å². The number of nitro groups is 1. The third kappa shape index (κ3) is 5.81.